The van der Waals surface area contributed by atoms with Gasteiger partial charge in [0.05, 0.1) is 22.9 Å². The van der Waals surface area contributed by atoms with Gasteiger partial charge in [-0.3, -0.25) is 4.90 Å². The van der Waals surface area contributed by atoms with Crippen molar-refractivity contribution >= 4 is 11.3 Å². The van der Waals surface area contributed by atoms with Gasteiger partial charge < -0.3 is 15.2 Å². The Hall–Kier alpha value is -0.530. The number of nitrogens with one attached hydrogen (secondary N) is 1. The molecule has 1 unspecified atom stereocenters. The highest BCUT2D eigenvalue weighted by Gasteiger charge is 2.39. The Morgan fingerprint density at radius 1 is 1.55 bits per heavy atom. The van der Waals surface area contributed by atoms with Crippen molar-refractivity contribution < 1.29 is 9.84 Å². The van der Waals surface area contributed by atoms with Crippen LogP contribution < -0.4 is 5.32 Å². The van der Waals surface area contributed by atoms with Gasteiger partial charge in [0.15, 0.2) is 6.23 Å². The second-order valence-corrected chi connectivity index (χ2v) is 6.59. The molecule has 1 aromatic heterocycles. The number of rotatable bonds is 3. The third-order valence-corrected chi connectivity index (χ3v) is 5.29. The Balaban J connectivity index is 1.69. The molecule has 0 saturated carbocycles. The van der Waals surface area contributed by atoms with Crippen molar-refractivity contribution in [3.05, 3.63) is 16.1 Å². The predicted octanol–water partition coefficient (Wildman–Crippen LogP) is 1.15. The van der Waals surface area contributed by atoms with E-state index in [-0.39, 0.29) is 5.60 Å². The average Bonchev–Trinajstić information content (AvgIpc) is 2.96. The number of hydrogen-bond acceptors (Lipinski definition) is 6. The molecule has 0 aliphatic carbocycles. The molecular formula is C14H23N3O2S. The lowest BCUT2D eigenvalue weighted by molar-refractivity contribution is -0.160. The molecule has 1 aromatic rings. The van der Waals surface area contributed by atoms with Crippen LogP contribution in [0.2, 0.25) is 0 Å². The third kappa shape index (κ3) is 2.89. The van der Waals surface area contributed by atoms with Crippen LogP contribution in [0.25, 0.3) is 0 Å². The minimum Gasteiger partial charge on any atom is -0.372 e. The smallest absolute Gasteiger partial charge is 0.151 e. The van der Waals surface area contributed by atoms with Crippen molar-refractivity contribution in [2.24, 2.45) is 0 Å². The van der Waals surface area contributed by atoms with Crippen molar-refractivity contribution in [2.75, 3.05) is 32.8 Å². The van der Waals surface area contributed by atoms with Crippen LogP contribution in [0, 0.1) is 0 Å². The number of thiazole rings is 1. The maximum Gasteiger partial charge on any atom is 0.151 e. The summed E-state index contributed by atoms with van der Waals surface area (Å²) in [7, 11) is 0. The molecule has 2 fully saturated rings. The molecule has 0 radical (unpaired) electrons. The van der Waals surface area contributed by atoms with Crippen molar-refractivity contribution in [2.45, 2.75) is 38.0 Å². The van der Waals surface area contributed by atoms with Gasteiger partial charge in [-0.1, -0.05) is 6.92 Å². The van der Waals surface area contributed by atoms with Crippen LogP contribution >= 0.6 is 11.3 Å². The van der Waals surface area contributed by atoms with Crippen molar-refractivity contribution in [3.63, 3.8) is 0 Å². The first-order valence-electron chi connectivity index (χ1n) is 7.43. The number of aliphatic hydroxyl groups is 1. The maximum atomic E-state index is 10.6. The number of aryl methyl sites for hydroxylation is 1. The standard InChI is InChI=1S/C14H23N3O2S/c1-2-12-16-11(9-20-12)13(18)17-7-8-19-14(10-17)3-5-15-6-4-14/h9,13,15,18H,2-8,10H2,1H3. The Kier molecular flexibility index (Phi) is 4.37. The summed E-state index contributed by atoms with van der Waals surface area (Å²) >= 11 is 1.63. The van der Waals surface area contributed by atoms with Gasteiger partial charge in [0.25, 0.3) is 0 Å². The fraction of sp³-hybridized carbons (Fsp3) is 0.786. The van der Waals surface area contributed by atoms with Gasteiger partial charge in [0.2, 0.25) is 0 Å². The Labute approximate surface area is 124 Å². The van der Waals surface area contributed by atoms with E-state index in [0.29, 0.717) is 6.61 Å². The monoisotopic (exact) mass is 297 g/mol. The fourth-order valence-corrected chi connectivity index (χ4v) is 3.82. The fourth-order valence-electron chi connectivity index (χ4n) is 3.06. The average molecular weight is 297 g/mol. The summed E-state index contributed by atoms with van der Waals surface area (Å²) in [6.07, 6.45) is 2.37. The molecule has 0 bridgehead atoms. The molecule has 2 aliphatic rings. The number of morpholine rings is 1. The first-order chi connectivity index (χ1) is 9.72. The van der Waals surface area contributed by atoms with Gasteiger partial charge in [-0.2, -0.15) is 0 Å². The highest BCUT2D eigenvalue weighted by molar-refractivity contribution is 7.09. The van der Waals surface area contributed by atoms with Crippen LogP contribution in [0.5, 0.6) is 0 Å². The van der Waals surface area contributed by atoms with E-state index in [4.69, 9.17) is 4.74 Å². The van der Waals surface area contributed by atoms with Gasteiger partial charge in [0.1, 0.15) is 0 Å². The van der Waals surface area contributed by atoms with E-state index < -0.39 is 6.23 Å². The zero-order chi connectivity index (χ0) is 14.0. The second kappa shape index (κ2) is 6.07. The summed E-state index contributed by atoms with van der Waals surface area (Å²) in [6, 6.07) is 0. The molecular weight excluding hydrogens is 274 g/mol. The molecule has 112 valence electrons. The number of piperidine rings is 1. The zero-order valence-electron chi connectivity index (χ0n) is 12.0. The van der Waals surface area contributed by atoms with E-state index in [1.54, 1.807) is 11.3 Å². The first kappa shape index (κ1) is 14.4. The molecule has 0 aromatic carbocycles. The maximum absolute atomic E-state index is 10.6. The van der Waals surface area contributed by atoms with E-state index in [1.165, 1.54) is 0 Å². The Bertz CT molecular complexity index is 440. The molecule has 0 amide bonds. The van der Waals surface area contributed by atoms with Crippen molar-refractivity contribution in [1.29, 1.82) is 0 Å². The van der Waals surface area contributed by atoms with Gasteiger partial charge >= 0.3 is 0 Å². The summed E-state index contributed by atoms with van der Waals surface area (Å²) in [4.78, 5) is 6.63. The summed E-state index contributed by atoms with van der Waals surface area (Å²) in [5.74, 6) is 0. The number of aliphatic hydroxyl groups excluding tert-OH is 1. The highest BCUT2D eigenvalue weighted by Crippen LogP contribution is 2.31. The lowest BCUT2D eigenvalue weighted by atomic mass is 9.90. The lowest BCUT2D eigenvalue weighted by Gasteiger charge is -2.46. The van der Waals surface area contributed by atoms with E-state index in [1.807, 2.05) is 5.38 Å². The van der Waals surface area contributed by atoms with Gasteiger partial charge in [0, 0.05) is 18.5 Å². The second-order valence-electron chi connectivity index (χ2n) is 5.65. The molecule has 20 heavy (non-hydrogen) atoms. The molecule has 2 N–H and O–H groups in total. The predicted molar refractivity (Wildman–Crippen MR) is 78.8 cm³/mol. The summed E-state index contributed by atoms with van der Waals surface area (Å²) in [5, 5.41) is 17.0. The molecule has 2 saturated heterocycles. The lowest BCUT2D eigenvalue weighted by Crippen LogP contribution is -2.56. The Morgan fingerprint density at radius 2 is 2.35 bits per heavy atom. The molecule has 2 aliphatic heterocycles. The summed E-state index contributed by atoms with van der Waals surface area (Å²) in [6.45, 7) is 6.36. The zero-order valence-corrected chi connectivity index (χ0v) is 12.8. The van der Waals surface area contributed by atoms with Crippen LogP contribution in [0.4, 0.5) is 0 Å². The van der Waals surface area contributed by atoms with Crippen LogP contribution in [0.15, 0.2) is 5.38 Å². The normalized spacial score (nSPS) is 24.9. The Morgan fingerprint density at radius 3 is 3.05 bits per heavy atom. The van der Waals surface area contributed by atoms with Crippen molar-refractivity contribution in [3.8, 4) is 0 Å². The summed E-state index contributed by atoms with van der Waals surface area (Å²) in [5.41, 5.74) is 0.714. The summed E-state index contributed by atoms with van der Waals surface area (Å²) < 4.78 is 6.04. The molecule has 3 heterocycles. The molecule has 1 spiro atoms. The van der Waals surface area contributed by atoms with Crippen LogP contribution in [-0.2, 0) is 11.2 Å². The highest BCUT2D eigenvalue weighted by atomic mass is 32.1. The quantitative estimate of drug-likeness (QED) is 0.876. The SMILES string of the molecule is CCc1nc(C(O)N2CCOC3(CCNCC3)C2)cs1. The molecule has 3 rings (SSSR count). The van der Waals surface area contributed by atoms with Crippen LogP contribution in [0.3, 0.4) is 0 Å². The van der Waals surface area contributed by atoms with E-state index >= 15 is 0 Å². The molecule has 5 nitrogen and oxygen atoms in total. The van der Waals surface area contributed by atoms with Gasteiger partial charge in [-0.15, -0.1) is 11.3 Å². The first-order valence-corrected chi connectivity index (χ1v) is 8.31. The number of hydrogen-bond donors (Lipinski definition) is 2. The largest absolute Gasteiger partial charge is 0.372 e. The van der Waals surface area contributed by atoms with Crippen molar-refractivity contribution in [1.82, 2.24) is 15.2 Å². The minimum absolute atomic E-state index is 0.0753. The number of ether oxygens (including phenoxy) is 1. The molecule has 6 heteroatoms. The minimum atomic E-state index is -0.595. The van der Waals surface area contributed by atoms with Crippen LogP contribution in [0.1, 0.15) is 36.7 Å². The van der Waals surface area contributed by atoms with Crippen LogP contribution in [-0.4, -0.2) is 53.4 Å². The van der Waals surface area contributed by atoms with Gasteiger partial charge in [-0.25, -0.2) is 4.98 Å². The number of aromatic nitrogens is 1. The van der Waals surface area contributed by atoms with E-state index in [9.17, 15) is 5.11 Å². The van der Waals surface area contributed by atoms with Gasteiger partial charge in [-0.05, 0) is 32.4 Å². The third-order valence-electron chi connectivity index (χ3n) is 4.28. The van der Waals surface area contributed by atoms with E-state index in [0.717, 1.165) is 56.1 Å². The van der Waals surface area contributed by atoms with E-state index in [2.05, 4.69) is 22.1 Å². The number of nitrogens with zero attached hydrogens (tertiary/aromatic N) is 2. The molecule has 1 atom stereocenters. The topological polar surface area (TPSA) is 57.6 Å².